The first-order valence-corrected chi connectivity index (χ1v) is 9.40. The number of rotatable bonds is 6. The number of nitrogens with zero attached hydrogens (tertiary/aromatic N) is 2. The molecule has 136 valence electrons. The molecule has 1 aromatic rings. The highest BCUT2D eigenvalue weighted by Gasteiger charge is 2.36. The lowest BCUT2D eigenvalue weighted by atomic mass is 10.0. The molecule has 2 atom stereocenters. The maximum absolute atomic E-state index is 12.8. The Morgan fingerprint density at radius 1 is 1.24 bits per heavy atom. The third-order valence-electron chi connectivity index (χ3n) is 5.21. The summed E-state index contributed by atoms with van der Waals surface area (Å²) in [5, 5.41) is 3.20. The maximum atomic E-state index is 12.8. The number of nitrogens with one attached hydrogen (secondary N) is 1. The number of carbonyl (C=O) groups excluding carboxylic acids is 2. The first-order valence-electron chi connectivity index (χ1n) is 9.40. The van der Waals surface area contributed by atoms with Gasteiger partial charge in [0, 0.05) is 38.6 Å². The largest absolute Gasteiger partial charge is 0.350 e. The van der Waals surface area contributed by atoms with Crippen LogP contribution in [0.1, 0.15) is 38.7 Å². The Balaban J connectivity index is 1.54. The van der Waals surface area contributed by atoms with Crippen LogP contribution in [-0.4, -0.2) is 53.3 Å². The molecule has 5 nitrogen and oxygen atoms in total. The highest BCUT2D eigenvalue weighted by molar-refractivity contribution is 5.89. The van der Waals surface area contributed by atoms with Crippen molar-refractivity contribution in [3.63, 3.8) is 0 Å². The van der Waals surface area contributed by atoms with E-state index in [2.05, 4.69) is 34.5 Å². The van der Waals surface area contributed by atoms with Gasteiger partial charge in [0.1, 0.15) is 6.04 Å². The summed E-state index contributed by atoms with van der Waals surface area (Å²) in [6.45, 7) is 7.54. The third-order valence-corrected chi connectivity index (χ3v) is 5.21. The summed E-state index contributed by atoms with van der Waals surface area (Å²) in [5.41, 5.74) is 1.30. The molecule has 5 heteroatoms. The molecule has 0 aliphatic carbocycles. The Bertz CT molecular complexity index is 602. The highest BCUT2D eigenvalue weighted by Crippen LogP contribution is 2.20. The number of hydrogen-bond donors (Lipinski definition) is 1. The van der Waals surface area contributed by atoms with Crippen molar-refractivity contribution in [1.82, 2.24) is 15.1 Å². The number of hydrogen-bond acceptors (Lipinski definition) is 3. The molecule has 2 fully saturated rings. The Labute approximate surface area is 150 Å². The minimum Gasteiger partial charge on any atom is -0.350 e. The van der Waals surface area contributed by atoms with E-state index in [1.165, 1.54) is 5.56 Å². The van der Waals surface area contributed by atoms with E-state index in [0.717, 1.165) is 32.5 Å². The SMILES string of the molecule is CC(C)C(C(=O)NC1CCN(Cc2ccccc2)C1)N1CCCC1=O. The summed E-state index contributed by atoms with van der Waals surface area (Å²) in [7, 11) is 0. The molecule has 1 N–H and O–H groups in total. The second kappa shape index (κ2) is 8.00. The average Bonchev–Trinajstić information content (AvgIpc) is 3.18. The standard InChI is InChI=1S/C20H29N3O2/c1-15(2)19(23-11-6-9-18(23)24)20(25)21-17-10-12-22(14-17)13-16-7-4-3-5-8-16/h3-5,7-8,15,17,19H,6,9-14H2,1-2H3,(H,21,25). The highest BCUT2D eigenvalue weighted by atomic mass is 16.2. The van der Waals surface area contributed by atoms with Crippen molar-refractivity contribution in [3.8, 4) is 0 Å². The lowest BCUT2D eigenvalue weighted by Crippen LogP contribution is -2.53. The molecule has 0 radical (unpaired) electrons. The Kier molecular flexibility index (Phi) is 5.74. The molecule has 2 heterocycles. The van der Waals surface area contributed by atoms with Gasteiger partial charge in [-0.15, -0.1) is 0 Å². The second-order valence-electron chi connectivity index (χ2n) is 7.59. The van der Waals surface area contributed by atoms with E-state index in [1.54, 1.807) is 4.90 Å². The molecule has 2 aliphatic rings. The van der Waals surface area contributed by atoms with Gasteiger partial charge >= 0.3 is 0 Å². The molecule has 0 saturated carbocycles. The molecule has 0 aromatic heterocycles. The zero-order chi connectivity index (χ0) is 17.8. The minimum atomic E-state index is -0.335. The van der Waals surface area contributed by atoms with E-state index >= 15 is 0 Å². The number of likely N-dealkylation sites (tertiary alicyclic amines) is 2. The molecule has 2 amide bonds. The van der Waals surface area contributed by atoms with Crippen LogP contribution < -0.4 is 5.32 Å². The first kappa shape index (κ1) is 17.9. The molecule has 3 rings (SSSR count). The fraction of sp³-hybridized carbons (Fsp3) is 0.600. The molecule has 0 bridgehead atoms. The van der Waals surface area contributed by atoms with E-state index in [-0.39, 0.29) is 29.8 Å². The van der Waals surface area contributed by atoms with E-state index in [1.807, 2.05) is 19.9 Å². The monoisotopic (exact) mass is 343 g/mol. The van der Waals surface area contributed by atoms with Crippen molar-refractivity contribution >= 4 is 11.8 Å². The van der Waals surface area contributed by atoms with Crippen LogP contribution in [0.2, 0.25) is 0 Å². The Hall–Kier alpha value is -1.88. The number of amides is 2. The molecule has 0 spiro atoms. The molecular weight excluding hydrogens is 314 g/mol. The van der Waals surface area contributed by atoms with Gasteiger partial charge in [0.15, 0.2) is 0 Å². The van der Waals surface area contributed by atoms with Gasteiger partial charge in [-0.1, -0.05) is 44.2 Å². The van der Waals surface area contributed by atoms with Crippen LogP contribution in [0.5, 0.6) is 0 Å². The summed E-state index contributed by atoms with van der Waals surface area (Å²) in [5.74, 6) is 0.256. The molecule has 25 heavy (non-hydrogen) atoms. The van der Waals surface area contributed by atoms with Crippen molar-refractivity contribution < 1.29 is 9.59 Å². The minimum absolute atomic E-state index is 0.0109. The lowest BCUT2D eigenvalue weighted by molar-refractivity contribution is -0.139. The molecule has 2 saturated heterocycles. The third kappa shape index (κ3) is 4.40. The van der Waals surface area contributed by atoms with Gasteiger partial charge in [-0.05, 0) is 24.3 Å². The molecule has 2 aliphatic heterocycles. The van der Waals surface area contributed by atoms with Crippen LogP contribution in [-0.2, 0) is 16.1 Å². The van der Waals surface area contributed by atoms with Gasteiger partial charge in [-0.25, -0.2) is 0 Å². The molecular formula is C20H29N3O2. The Morgan fingerprint density at radius 3 is 2.64 bits per heavy atom. The molecule has 2 unspecified atom stereocenters. The fourth-order valence-electron chi connectivity index (χ4n) is 3.99. The lowest BCUT2D eigenvalue weighted by Gasteiger charge is -2.31. The Morgan fingerprint density at radius 2 is 2.00 bits per heavy atom. The van der Waals surface area contributed by atoms with Crippen LogP contribution in [0.25, 0.3) is 0 Å². The van der Waals surface area contributed by atoms with Crippen molar-refractivity contribution in [1.29, 1.82) is 0 Å². The predicted molar refractivity (Wildman–Crippen MR) is 97.8 cm³/mol. The summed E-state index contributed by atoms with van der Waals surface area (Å²) >= 11 is 0. The van der Waals surface area contributed by atoms with Gasteiger partial charge in [0.2, 0.25) is 11.8 Å². The fourth-order valence-corrected chi connectivity index (χ4v) is 3.99. The van der Waals surface area contributed by atoms with E-state index < -0.39 is 0 Å². The average molecular weight is 343 g/mol. The smallest absolute Gasteiger partial charge is 0.243 e. The van der Waals surface area contributed by atoms with Crippen LogP contribution in [0.3, 0.4) is 0 Å². The van der Waals surface area contributed by atoms with Crippen LogP contribution in [0.15, 0.2) is 30.3 Å². The second-order valence-corrected chi connectivity index (χ2v) is 7.59. The zero-order valence-corrected chi connectivity index (χ0v) is 15.3. The number of carbonyl (C=O) groups is 2. The quantitative estimate of drug-likeness (QED) is 0.860. The van der Waals surface area contributed by atoms with Crippen molar-refractivity contribution in [2.75, 3.05) is 19.6 Å². The predicted octanol–water partition coefficient (Wildman–Crippen LogP) is 2.02. The topological polar surface area (TPSA) is 52.7 Å². The normalized spacial score (nSPS) is 22.6. The van der Waals surface area contributed by atoms with Gasteiger partial charge in [-0.2, -0.15) is 0 Å². The van der Waals surface area contributed by atoms with Crippen molar-refractivity contribution in [2.45, 2.75) is 51.7 Å². The van der Waals surface area contributed by atoms with Crippen LogP contribution in [0, 0.1) is 5.92 Å². The van der Waals surface area contributed by atoms with Crippen molar-refractivity contribution in [3.05, 3.63) is 35.9 Å². The zero-order valence-electron chi connectivity index (χ0n) is 15.3. The van der Waals surface area contributed by atoms with Crippen LogP contribution >= 0.6 is 0 Å². The summed E-state index contributed by atoms with van der Waals surface area (Å²) in [4.78, 5) is 29.0. The van der Waals surface area contributed by atoms with E-state index in [9.17, 15) is 9.59 Å². The maximum Gasteiger partial charge on any atom is 0.243 e. The van der Waals surface area contributed by atoms with Crippen LogP contribution in [0.4, 0.5) is 0 Å². The number of benzene rings is 1. The summed E-state index contributed by atoms with van der Waals surface area (Å²) in [6.07, 6.45) is 2.41. The molecule has 1 aromatic carbocycles. The first-order chi connectivity index (χ1) is 12.0. The summed E-state index contributed by atoms with van der Waals surface area (Å²) in [6, 6.07) is 10.3. The van der Waals surface area contributed by atoms with Gasteiger partial charge < -0.3 is 10.2 Å². The van der Waals surface area contributed by atoms with Gasteiger partial charge in [0.05, 0.1) is 0 Å². The summed E-state index contributed by atoms with van der Waals surface area (Å²) < 4.78 is 0. The van der Waals surface area contributed by atoms with E-state index in [0.29, 0.717) is 13.0 Å². The van der Waals surface area contributed by atoms with Crippen molar-refractivity contribution in [2.24, 2.45) is 5.92 Å². The van der Waals surface area contributed by atoms with E-state index in [4.69, 9.17) is 0 Å². The van der Waals surface area contributed by atoms with Gasteiger partial charge in [0.25, 0.3) is 0 Å². The van der Waals surface area contributed by atoms with Gasteiger partial charge in [-0.3, -0.25) is 14.5 Å².